The fourth-order valence-electron chi connectivity index (χ4n) is 3.24. The predicted molar refractivity (Wildman–Crippen MR) is 111 cm³/mol. The first kappa shape index (κ1) is 17.7. The second-order valence-corrected chi connectivity index (χ2v) is 6.81. The van der Waals surface area contributed by atoms with Crippen molar-refractivity contribution in [3.05, 3.63) is 107 Å². The highest BCUT2D eigenvalue weighted by atomic mass is 16.2. The van der Waals surface area contributed by atoms with E-state index >= 15 is 0 Å². The molecule has 2 N–H and O–H groups in total. The number of hydrogen-bond donors (Lipinski definition) is 2. The Kier molecular flexibility index (Phi) is 4.77. The van der Waals surface area contributed by atoms with Gasteiger partial charge in [0.15, 0.2) is 5.78 Å². The Morgan fingerprint density at radius 1 is 0.857 bits per heavy atom. The topological polar surface area (TPSA) is 62.0 Å². The Bertz CT molecular complexity index is 1120. The van der Waals surface area contributed by atoms with E-state index in [2.05, 4.69) is 10.3 Å². The van der Waals surface area contributed by atoms with E-state index in [1.165, 1.54) is 0 Å². The van der Waals surface area contributed by atoms with Crippen molar-refractivity contribution in [1.82, 2.24) is 10.3 Å². The zero-order valence-corrected chi connectivity index (χ0v) is 15.5. The van der Waals surface area contributed by atoms with Crippen LogP contribution in [-0.2, 0) is 6.54 Å². The van der Waals surface area contributed by atoms with Crippen molar-refractivity contribution >= 4 is 22.6 Å². The van der Waals surface area contributed by atoms with E-state index in [0.717, 1.165) is 22.2 Å². The predicted octanol–water partition coefficient (Wildman–Crippen LogP) is 4.64. The summed E-state index contributed by atoms with van der Waals surface area (Å²) in [7, 11) is 0. The molecule has 0 aliphatic carbocycles. The maximum Gasteiger partial charge on any atom is 0.252 e. The van der Waals surface area contributed by atoms with E-state index in [1.807, 2.05) is 49.4 Å². The maximum absolute atomic E-state index is 12.9. The fourth-order valence-corrected chi connectivity index (χ4v) is 3.24. The number of aryl methyl sites for hydroxylation is 1. The third-order valence-corrected chi connectivity index (χ3v) is 4.76. The molecule has 0 saturated carbocycles. The van der Waals surface area contributed by atoms with Gasteiger partial charge in [-0.3, -0.25) is 9.59 Å². The van der Waals surface area contributed by atoms with Crippen LogP contribution in [0.4, 0.5) is 0 Å². The molecule has 0 spiro atoms. The number of carbonyl (C=O) groups excluding carboxylic acids is 2. The lowest BCUT2D eigenvalue weighted by molar-refractivity contribution is 0.0939. The van der Waals surface area contributed by atoms with Crippen LogP contribution in [0.5, 0.6) is 0 Å². The summed E-state index contributed by atoms with van der Waals surface area (Å²) in [5.41, 5.74) is 4.38. The molecule has 1 amide bonds. The summed E-state index contributed by atoms with van der Waals surface area (Å²) < 4.78 is 0. The summed E-state index contributed by atoms with van der Waals surface area (Å²) in [6, 6.07) is 24.3. The van der Waals surface area contributed by atoms with Gasteiger partial charge in [0.1, 0.15) is 0 Å². The molecular weight excluding hydrogens is 348 g/mol. The van der Waals surface area contributed by atoms with Crippen molar-refractivity contribution < 1.29 is 9.59 Å². The minimum Gasteiger partial charge on any atom is -0.357 e. The number of ketones is 1. The molecule has 1 heterocycles. The van der Waals surface area contributed by atoms with Crippen molar-refractivity contribution in [3.8, 4) is 0 Å². The number of aromatic nitrogens is 1. The standard InChI is InChI=1S/C24H20N2O2/c1-16-10-12-17(13-11-16)23(27)20-7-3-4-8-21(20)24(28)25-15-19-14-18-6-2-5-9-22(18)26-19/h2-14,26H,15H2,1H3,(H,25,28). The lowest BCUT2D eigenvalue weighted by atomic mass is 9.97. The fraction of sp³-hybridized carbons (Fsp3) is 0.0833. The zero-order chi connectivity index (χ0) is 19.5. The SMILES string of the molecule is Cc1ccc(C(=O)c2ccccc2C(=O)NCc2cc3ccccc3[nH]2)cc1. The van der Waals surface area contributed by atoms with E-state index in [-0.39, 0.29) is 11.7 Å². The number of para-hydroxylation sites is 1. The minimum atomic E-state index is -0.269. The summed E-state index contributed by atoms with van der Waals surface area (Å²) in [6.07, 6.45) is 0. The molecule has 0 bridgehead atoms. The first-order valence-corrected chi connectivity index (χ1v) is 9.17. The summed E-state index contributed by atoms with van der Waals surface area (Å²) in [5, 5.41) is 4.01. The highest BCUT2D eigenvalue weighted by Gasteiger charge is 2.18. The van der Waals surface area contributed by atoms with Crippen LogP contribution in [0.2, 0.25) is 0 Å². The van der Waals surface area contributed by atoms with Crippen molar-refractivity contribution in [2.24, 2.45) is 0 Å². The number of H-pyrrole nitrogens is 1. The smallest absolute Gasteiger partial charge is 0.252 e. The Hall–Kier alpha value is -3.66. The first-order valence-electron chi connectivity index (χ1n) is 9.17. The van der Waals surface area contributed by atoms with E-state index in [0.29, 0.717) is 23.2 Å². The lowest BCUT2D eigenvalue weighted by Crippen LogP contribution is -2.25. The van der Waals surface area contributed by atoms with E-state index < -0.39 is 0 Å². The second-order valence-electron chi connectivity index (χ2n) is 6.81. The highest BCUT2D eigenvalue weighted by Crippen LogP contribution is 2.17. The zero-order valence-electron chi connectivity index (χ0n) is 15.5. The van der Waals surface area contributed by atoms with Crippen molar-refractivity contribution in [2.45, 2.75) is 13.5 Å². The summed E-state index contributed by atoms with van der Waals surface area (Å²) in [5.74, 6) is -0.425. The molecule has 0 aliphatic rings. The molecule has 0 atom stereocenters. The van der Waals surface area contributed by atoms with Gasteiger partial charge >= 0.3 is 0 Å². The van der Waals surface area contributed by atoms with Gasteiger partial charge < -0.3 is 10.3 Å². The molecule has 4 nitrogen and oxygen atoms in total. The molecule has 28 heavy (non-hydrogen) atoms. The quantitative estimate of drug-likeness (QED) is 0.504. The molecule has 0 saturated heterocycles. The molecule has 0 unspecified atom stereocenters. The van der Waals surface area contributed by atoms with Gasteiger partial charge in [-0.15, -0.1) is 0 Å². The van der Waals surface area contributed by atoms with Crippen LogP contribution in [0, 0.1) is 6.92 Å². The van der Waals surface area contributed by atoms with Crippen LogP contribution in [0.3, 0.4) is 0 Å². The van der Waals surface area contributed by atoms with Gasteiger partial charge in [-0.05, 0) is 30.5 Å². The van der Waals surface area contributed by atoms with Gasteiger partial charge in [-0.1, -0.05) is 66.2 Å². The number of amides is 1. The van der Waals surface area contributed by atoms with Crippen LogP contribution >= 0.6 is 0 Å². The van der Waals surface area contributed by atoms with Crippen molar-refractivity contribution in [1.29, 1.82) is 0 Å². The van der Waals surface area contributed by atoms with E-state index in [4.69, 9.17) is 0 Å². The van der Waals surface area contributed by atoms with Gasteiger partial charge in [0.2, 0.25) is 0 Å². The largest absolute Gasteiger partial charge is 0.357 e. The molecule has 138 valence electrons. The third-order valence-electron chi connectivity index (χ3n) is 4.76. The Morgan fingerprint density at radius 2 is 1.54 bits per heavy atom. The molecule has 4 aromatic rings. The Morgan fingerprint density at radius 3 is 2.29 bits per heavy atom. The minimum absolute atomic E-state index is 0.156. The summed E-state index contributed by atoms with van der Waals surface area (Å²) in [6.45, 7) is 2.33. The molecule has 1 aromatic heterocycles. The first-order chi connectivity index (χ1) is 13.6. The van der Waals surface area contributed by atoms with E-state index in [1.54, 1.807) is 36.4 Å². The molecule has 0 radical (unpaired) electrons. The molecular formula is C24H20N2O2. The number of rotatable bonds is 5. The second kappa shape index (κ2) is 7.53. The Labute approximate surface area is 163 Å². The third kappa shape index (κ3) is 3.58. The van der Waals surface area contributed by atoms with Crippen molar-refractivity contribution in [2.75, 3.05) is 0 Å². The number of fused-ring (bicyclic) bond motifs is 1. The van der Waals surface area contributed by atoms with Gasteiger partial charge in [-0.25, -0.2) is 0 Å². The van der Waals surface area contributed by atoms with Crippen LogP contribution in [0.1, 0.15) is 37.5 Å². The number of benzene rings is 3. The highest BCUT2D eigenvalue weighted by molar-refractivity contribution is 6.15. The van der Waals surface area contributed by atoms with E-state index in [9.17, 15) is 9.59 Å². The van der Waals surface area contributed by atoms with Crippen molar-refractivity contribution in [3.63, 3.8) is 0 Å². The lowest BCUT2D eigenvalue weighted by Gasteiger charge is -2.09. The van der Waals surface area contributed by atoms with Crippen LogP contribution < -0.4 is 5.32 Å². The van der Waals surface area contributed by atoms with Gasteiger partial charge in [-0.2, -0.15) is 0 Å². The molecule has 0 aliphatic heterocycles. The summed E-state index contributed by atoms with van der Waals surface area (Å²) >= 11 is 0. The van der Waals surface area contributed by atoms with Gasteiger partial charge in [0.05, 0.1) is 12.1 Å². The summed E-state index contributed by atoms with van der Waals surface area (Å²) in [4.78, 5) is 28.9. The number of aromatic amines is 1. The maximum atomic E-state index is 12.9. The van der Waals surface area contributed by atoms with Gasteiger partial charge in [0, 0.05) is 22.3 Å². The monoisotopic (exact) mass is 368 g/mol. The molecule has 0 fully saturated rings. The molecule has 3 aromatic carbocycles. The Balaban J connectivity index is 1.54. The normalized spacial score (nSPS) is 10.8. The molecule has 4 heteroatoms. The van der Waals surface area contributed by atoms with Gasteiger partial charge in [0.25, 0.3) is 5.91 Å². The van der Waals surface area contributed by atoms with Crippen LogP contribution in [-0.4, -0.2) is 16.7 Å². The average molecular weight is 368 g/mol. The average Bonchev–Trinajstić information content (AvgIpc) is 3.15. The van der Waals surface area contributed by atoms with Crippen LogP contribution in [0.15, 0.2) is 78.9 Å². The number of hydrogen-bond acceptors (Lipinski definition) is 2. The number of nitrogens with one attached hydrogen (secondary N) is 2. The van der Waals surface area contributed by atoms with Crippen LogP contribution in [0.25, 0.3) is 10.9 Å². The number of carbonyl (C=O) groups is 2. The molecule has 4 rings (SSSR count).